The summed E-state index contributed by atoms with van der Waals surface area (Å²) in [6.45, 7) is 5.99. The van der Waals surface area contributed by atoms with Crippen LogP contribution in [-0.2, 0) is 4.74 Å². The number of ether oxygens (including phenoxy) is 1. The van der Waals surface area contributed by atoms with Crippen molar-refractivity contribution in [3.05, 3.63) is 29.8 Å². The Morgan fingerprint density at radius 2 is 2.14 bits per heavy atom. The number of likely N-dealkylation sites (tertiary alicyclic amines) is 1. The van der Waals surface area contributed by atoms with Crippen LogP contribution in [0.1, 0.15) is 50.4 Å². The van der Waals surface area contributed by atoms with Gasteiger partial charge in [-0.2, -0.15) is 0 Å². The third-order valence-corrected chi connectivity index (χ3v) is 3.45. The van der Waals surface area contributed by atoms with Crippen LogP contribution in [-0.4, -0.2) is 39.9 Å². The SMILES string of the molecule is CC(C)(C)OC(=O)N1CCCC1CC(=O)c1cncc(F)c1. The fourth-order valence-electron chi connectivity index (χ4n) is 2.51. The van der Waals surface area contributed by atoms with E-state index in [1.165, 1.54) is 12.3 Å². The molecule has 0 bridgehead atoms. The number of Topliss-reactive ketones (excluding diaryl/α,β-unsaturated/α-hetero) is 1. The van der Waals surface area contributed by atoms with Crippen LogP contribution < -0.4 is 0 Å². The summed E-state index contributed by atoms with van der Waals surface area (Å²) in [4.78, 5) is 29.7. The zero-order valence-corrected chi connectivity index (χ0v) is 13.1. The molecule has 1 aliphatic rings. The van der Waals surface area contributed by atoms with Gasteiger partial charge >= 0.3 is 6.09 Å². The fraction of sp³-hybridized carbons (Fsp3) is 0.562. The van der Waals surface area contributed by atoms with Gasteiger partial charge in [-0.25, -0.2) is 9.18 Å². The Morgan fingerprint density at radius 3 is 2.77 bits per heavy atom. The first-order valence-electron chi connectivity index (χ1n) is 7.39. The number of hydrogen-bond donors (Lipinski definition) is 0. The van der Waals surface area contributed by atoms with Crippen LogP contribution in [0.4, 0.5) is 9.18 Å². The van der Waals surface area contributed by atoms with E-state index < -0.39 is 17.5 Å². The van der Waals surface area contributed by atoms with Gasteiger partial charge in [-0.1, -0.05) is 0 Å². The average molecular weight is 308 g/mol. The van der Waals surface area contributed by atoms with Gasteiger partial charge in [-0.05, 0) is 39.7 Å². The number of carbonyl (C=O) groups excluding carboxylic acids is 2. The van der Waals surface area contributed by atoms with Crippen molar-refractivity contribution in [1.82, 2.24) is 9.88 Å². The van der Waals surface area contributed by atoms with E-state index in [-0.39, 0.29) is 23.8 Å². The minimum atomic E-state index is -0.569. The van der Waals surface area contributed by atoms with Gasteiger partial charge < -0.3 is 9.64 Å². The third kappa shape index (κ3) is 4.26. The lowest BCUT2D eigenvalue weighted by molar-refractivity contribution is 0.0223. The molecule has 1 aliphatic heterocycles. The van der Waals surface area contributed by atoms with Crippen molar-refractivity contribution in [2.24, 2.45) is 0 Å². The molecule has 0 radical (unpaired) electrons. The Hall–Kier alpha value is -1.98. The van der Waals surface area contributed by atoms with Gasteiger partial charge in [0, 0.05) is 30.8 Å². The van der Waals surface area contributed by atoms with Gasteiger partial charge in [0.15, 0.2) is 5.78 Å². The van der Waals surface area contributed by atoms with Crippen molar-refractivity contribution < 1.29 is 18.7 Å². The molecule has 22 heavy (non-hydrogen) atoms. The summed E-state index contributed by atoms with van der Waals surface area (Å²) in [5.74, 6) is -0.756. The molecule has 1 saturated heterocycles. The molecule has 2 rings (SSSR count). The molecular formula is C16H21FN2O3. The summed E-state index contributed by atoms with van der Waals surface area (Å²) >= 11 is 0. The largest absolute Gasteiger partial charge is 0.444 e. The summed E-state index contributed by atoms with van der Waals surface area (Å²) in [6, 6.07) is 0.966. The maximum absolute atomic E-state index is 13.1. The average Bonchev–Trinajstić information content (AvgIpc) is 2.85. The summed E-state index contributed by atoms with van der Waals surface area (Å²) < 4.78 is 18.5. The summed E-state index contributed by atoms with van der Waals surface area (Å²) in [5.41, 5.74) is -0.336. The Labute approximate surface area is 129 Å². The highest BCUT2D eigenvalue weighted by molar-refractivity contribution is 5.96. The predicted molar refractivity (Wildman–Crippen MR) is 79.1 cm³/mol. The van der Waals surface area contributed by atoms with Crippen LogP contribution in [0.25, 0.3) is 0 Å². The Bertz CT molecular complexity index is 569. The first kappa shape index (κ1) is 16.4. The van der Waals surface area contributed by atoms with Crippen molar-refractivity contribution in [3.63, 3.8) is 0 Å². The van der Waals surface area contributed by atoms with E-state index in [1.54, 1.807) is 25.7 Å². The van der Waals surface area contributed by atoms with Gasteiger partial charge in [-0.3, -0.25) is 9.78 Å². The van der Waals surface area contributed by atoms with Gasteiger partial charge in [-0.15, -0.1) is 0 Å². The zero-order chi connectivity index (χ0) is 16.3. The Balaban J connectivity index is 2.02. The number of aromatic nitrogens is 1. The maximum atomic E-state index is 13.1. The Kier molecular flexibility index (Phi) is 4.78. The van der Waals surface area contributed by atoms with Crippen molar-refractivity contribution >= 4 is 11.9 Å². The lowest BCUT2D eigenvalue weighted by atomic mass is 10.0. The lowest BCUT2D eigenvalue weighted by Gasteiger charge is -2.28. The first-order chi connectivity index (χ1) is 10.3. The van der Waals surface area contributed by atoms with Crippen molar-refractivity contribution in [2.45, 2.75) is 51.7 Å². The quantitative estimate of drug-likeness (QED) is 0.805. The standard InChI is InChI=1S/C16H21FN2O3/c1-16(2,3)22-15(21)19-6-4-5-13(19)8-14(20)11-7-12(17)10-18-9-11/h7,9-10,13H,4-6,8H2,1-3H3. The summed E-state index contributed by atoms with van der Waals surface area (Å²) in [7, 11) is 0. The highest BCUT2D eigenvalue weighted by atomic mass is 19.1. The fourth-order valence-corrected chi connectivity index (χ4v) is 2.51. The number of rotatable bonds is 3. The van der Waals surface area contributed by atoms with E-state index in [0.717, 1.165) is 19.0 Å². The normalized spacial score (nSPS) is 18.4. The van der Waals surface area contributed by atoms with Gasteiger partial charge in [0.1, 0.15) is 11.4 Å². The zero-order valence-electron chi connectivity index (χ0n) is 13.1. The molecule has 0 aliphatic carbocycles. The molecule has 0 aromatic carbocycles. The number of nitrogens with zero attached hydrogens (tertiary/aromatic N) is 2. The maximum Gasteiger partial charge on any atom is 0.410 e. The highest BCUT2D eigenvalue weighted by Gasteiger charge is 2.33. The van der Waals surface area contributed by atoms with Gasteiger partial charge in [0.05, 0.1) is 6.20 Å². The monoisotopic (exact) mass is 308 g/mol. The molecule has 2 heterocycles. The van der Waals surface area contributed by atoms with E-state index in [2.05, 4.69) is 4.98 Å². The number of halogens is 1. The second-order valence-corrected chi connectivity index (χ2v) is 6.49. The molecule has 1 fully saturated rings. The van der Waals surface area contributed by atoms with Gasteiger partial charge in [0.25, 0.3) is 0 Å². The van der Waals surface area contributed by atoms with E-state index in [0.29, 0.717) is 6.54 Å². The summed E-state index contributed by atoms with van der Waals surface area (Å²) in [6.07, 6.45) is 3.73. The third-order valence-electron chi connectivity index (χ3n) is 3.45. The molecule has 0 N–H and O–H groups in total. The molecule has 1 atom stereocenters. The molecule has 120 valence electrons. The van der Waals surface area contributed by atoms with E-state index in [9.17, 15) is 14.0 Å². The molecule has 1 amide bonds. The first-order valence-corrected chi connectivity index (χ1v) is 7.39. The number of amides is 1. The lowest BCUT2D eigenvalue weighted by Crippen LogP contribution is -2.40. The van der Waals surface area contributed by atoms with E-state index >= 15 is 0 Å². The molecule has 0 spiro atoms. The minimum absolute atomic E-state index is 0.157. The smallest absolute Gasteiger partial charge is 0.410 e. The number of pyridine rings is 1. The van der Waals surface area contributed by atoms with E-state index in [1.807, 2.05) is 0 Å². The van der Waals surface area contributed by atoms with Crippen molar-refractivity contribution in [3.8, 4) is 0 Å². The van der Waals surface area contributed by atoms with E-state index in [4.69, 9.17) is 4.74 Å². The van der Waals surface area contributed by atoms with Crippen LogP contribution in [0.2, 0.25) is 0 Å². The van der Waals surface area contributed by atoms with Crippen LogP contribution in [0.5, 0.6) is 0 Å². The predicted octanol–water partition coefficient (Wildman–Crippen LogP) is 3.19. The second-order valence-electron chi connectivity index (χ2n) is 6.49. The van der Waals surface area contributed by atoms with Crippen LogP contribution in [0, 0.1) is 5.82 Å². The number of hydrogen-bond acceptors (Lipinski definition) is 4. The minimum Gasteiger partial charge on any atom is -0.444 e. The van der Waals surface area contributed by atoms with Crippen LogP contribution >= 0.6 is 0 Å². The molecular weight excluding hydrogens is 287 g/mol. The molecule has 1 aromatic rings. The molecule has 5 nitrogen and oxygen atoms in total. The van der Waals surface area contributed by atoms with Crippen molar-refractivity contribution in [2.75, 3.05) is 6.54 Å². The van der Waals surface area contributed by atoms with Crippen molar-refractivity contribution in [1.29, 1.82) is 0 Å². The second kappa shape index (κ2) is 6.42. The molecule has 1 unspecified atom stereocenters. The Morgan fingerprint density at radius 1 is 1.41 bits per heavy atom. The van der Waals surface area contributed by atoms with Gasteiger partial charge in [0.2, 0.25) is 0 Å². The molecule has 6 heteroatoms. The summed E-state index contributed by atoms with van der Waals surface area (Å²) in [5, 5.41) is 0. The topological polar surface area (TPSA) is 59.5 Å². The van der Waals surface area contributed by atoms with Crippen LogP contribution in [0.15, 0.2) is 18.5 Å². The highest BCUT2D eigenvalue weighted by Crippen LogP contribution is 2.24. The molecule has 0 saturated carbocycles. The number of ketones is 1. The van der Waals surface area contributed by atoms with Crippen LogP contribution in [0.3, 0.4) is 0 Å². The number of carbonyl (C=O) groups is 2. The molecule has 1 aromatic heterocycles.